The predicted octanol–water partition coefficient (Wildman–Crippen LogP) is 3.51. The molecule has 0 spiro atoms. The van der Waals surface area contributed by atoms with Crippen molar-refractivity contribution in [3.8, 4) is 0 Å². The lowest BCUT2D eigenvalue weighted by Gasteiger charge is -2.27. The molecule has 130 valence electrons. The van der Waals surface area contributed by atoms with E-state index in [1.165, 1.54) is 12.7 Å². The second kappa shape index (κ2) is 9.91. The van der Waals surface area contributed by atoms with Crippen molar-refractivity contribution >= 4 is 11.9 Å². The minimum Gasteiger partial charge on any atom is -0.469 e. The van der Waals surface area contributed by atoms with Crippen molar-refractivity contribution in [3.63, 3.8) is 0 Å². The van der Waals surface area contributed by atoms with Gasteiger partial charge >= 0.3 is 5.97 Å². The average Bonchev–Trinajstić information content (AvgIpc) is 2.62. The first-order valence-corrected chi connectivity index (χ1v) is 8.79. The smallest absolute Gasteiger partial charge is 0.305 e. The van der Waals surface area contributed by atoms with Crippen LogP contribution in [-0.4, -0.2) is 37.0 Å². The quantitative estimate of drug-likeness (QED) is 0.514. The Morgan fingerprint density at radius 2 is 1.92 bits per heavy atom. The Balaban J connectivity index is 1.69. The summed E-state index contributed by atoms with van der Waals surface area (Å²) in [6.45, 7) is 1.63. The number of hydrogen-bond donors (Lipinski definition) is 0. The van der Waals surface area contributed by atoms with Crippen molar-refractivity contribution in [2.75, 3.05) is 20.2 Å². The Hall–Kier alpha value is -2.10. The molecule has 0 fully saturated rings. The number of carbonyl (C=O) groups is 2. The van der Waals surface area contributed by atoms with Gasteiger partial charge in [-0.05, 0) is 44.1 Å². The van der Waals surface area contributed by atoms with E-state index >= 15 is 0 Å². The molecule has 24 heavy (non-hydrogen) atoms. The number of carbonyl (C=O) groups excluding carboxylic acids is 2. The van der Waals surface area contributed by atoms with Gasteiger partial charge in [0.15, 0.2) is 0 Å². The van der Waals surface area contributed by atoms with Crippen molar-refractivity contribution in [1.82, 2.24) is 4.90 Å². The molecular formula is C20H27NO3. The highest BCUT2D eigenvalue weighted by molar-refractivity contribution is 5.94. The lowest BCUT2D eigenvalue weighted by Crippen LogP contribution is -2.36. The molecule has 0 aliphatic carbocycles. The zero-order valence-electron chi connectivity index (χ0n) is 14.5. The van der Waals surface area contributed by atoms with E-state index in [0.717, 1.165) is 44.3 Å². The molecule has 1 aromatic rings. The maximum Gasteiger partial charge on any atom is 0.305 e. The summed E-state index contributed by atoms with van der Waals surface area (Å²) in [7, 11) is 1.39. The van der Waals surface area contributed by atoms with Crippen LogP contribution in [0.25, 0.3) is 0 Å². The molecule has 1 heterocycles. The number of methoxy groups -OCH3 is 1. The van der Waals surface area contributed by atoms with Crippen molar-refractivity contribution < 1.29 is 14.3 Å². The number of amides is 1. The van der Waals surface area contributed by atoms with Gasteiger partial charge < -0.3 is 9.64 Å². The fourth-order valence-corrected chi connectivity index (χ4v) is 3.01. The minimum atomic E-state index is -0.211. The summed E-state index contributed by atoms with van der Waals surface area (Å²) in [6.07, 6.45) is 7.83. The topological polar surface area (TPSA) is 46.6 Å². The molecule has 0 unspecified atom stereocenters. The lowest BCUT2D eigenvalue weighted by atomic mass is 10.0. The minimum absolute atomic E-state index is 0.144. The van der Waals surface area contributed by atoms with Crippen LogP contribution < -0.4 is 0 Å². The van der Waals surface area contributed by atoms with Crippen LogP contribution in [0.4, 0.5) is 0 Å². The van der Waals surface area contributed by atoms with Gasteiger partial charge in [-0.2, -0.15) is 0 Å². The van der Waals surface area contributed by atoms with Gasteiger partial charge in [-0.15, -0.1) is 0 Å². The average molecular weight is 329 g/mol. The van der Waals surface area contributed by atoms with Crippen LogP contribution in [0.1, 0.15) is 44.1 Å². The molecule has 1 aromatic carbocycles. The molecule has 0 aromatic heterocycles. The first-order valence-electron chi connectivity index (χ1n) is 8.79. The van der Waals surface area contributed by atoms with Crippen LogP contribution in [0.2, 0.25) is 0 Å². The summed E-state index contributed by atoms with van der Waals surface area (Å²) >= 11 is 0. The summed E-state index contributed by atoms with van der Waals surface area (Å²) in [5.41, 5.74) is 2.21. The zero-order chi connectivity index (χ0) is 17.2. The Morgan fingerprint density at radius 3 is 2.67 bits per heavy atom. The summed E-state index contributed by atoms with van der Waals surface area (Å²) in [5, 5.41) is 0. The van der Waals surface area contributed by atoms with Crippen LogP contribution in [0.15, 0.2) is 42.0 Å². The molecule has 1 aliphatic heterocycles. The van der Waals surface area contributed by atoms with Crippen LogP contribution >= 0.6 is 0 Å². The van der Waals surface area contributed by atoms with Crippen LogP contribution in [-0.2, 0) is 20.7 Å². The fraction of sp³-hybridized carbons (Fsp3) is 0.500. The highest BCUT2D eigenvalue weighted by Crippen LogP contribution is 2.18. The van der Waals surface area contributed by atoms with Crippen LogP contribution in [0, 0.1) is 0 Å². The van der Waals surface area contributed by atoms with Crippen molar-refractivity contribution in [1.29, 1.82) is 0 Å². The molecular weight excluding hydrogens is 302 g/mol. The molecule has 0 atom stereocenters. The maximum absolute atomic E-state index is 12.5. The normalized spacial score (nSPS) is 14.5. The van der Waals surface area contributed by atoms with Gasteiger partial charge in [-0.3, -0.25) is 9.59 Å². The number of rotatable bonds is 9. The fourth-order valence-electron chi connectivity index (χ4n) is 3.01. The van der Waals surface area contributed by atoms with Gasteiger partial charge in [-0.1, -0.05) is 36.4 Å². The zero-order valence-corrected chi connectivity index (χ0v) is 14.5. The number of nitrogens with zero attached hydrogens (tertiary/aromatic N) is 1. The third-order valence-electron chi connectivity index (χ3n) is 4.39. The first-order chi connectivity index (χ1) is 11.7. The van der Waals surface area contributed by atoms with E-state index < -0.39 is 0 Å². The monoisotopic (exact) mass is 329 g/mol. The standard InChI is InChI=1S/C20H27NO3/c1-24-19(22)14-7-12-18-13-8-16-21(20(18)23)15-6-5-11-17-9-3-2-4-10-17/h2-4,9-10,13H,5-8,11-12,14-16H2,1H3. The number of aryl methyl sites for hydroxylation is 1. The lowest BCUT2D eigenvalue weighted by molar-refractivity contribution is -0.140. The van der Waals surface area contributed by atoms with E-state index in [9.17, 15) is 9.59 Å². The third kappa shape index (κ3) is 5.84. The molecule has 0 bridgehead atoms. The number of esters is 1. The Labute approximate surface area is 144 Å². The van der Waals surface area contributed by atoms with Crippen molar-refractivity contribution in [2.24, 2.45) is 0 Å². The van der Waals surface area contributed by atoms with E-state index in [1.54, 1.807) is 0 Å². The largest absolute Gasteiger partial charge is 0.469 e. The molecule has 1 aliphatic rings. The Morgan fingerprint density at radius 1 is 1.12 bits per heavy atom. The number of unbranched alkanes of at least 4 members (excludes halogenated alkanes) is 1. The Kier molecular flexibility index (Phi) is 7.53. The van der Waals surface area contributed by atoms with E-state index in [0.29, 0.717) is 19.3 Å². The number of hydrogen-bond acceptors (Lipinski definition) is 3. The van der Waals surface area contributed by atoms with E-state index in [-0.39, 0.29) is 11.9 Å². The molecule has 4 nitrogen and oxygen atoms in total. The summed E-state index contributed by atoms with van der Waals surface area (Å²) in [4.78, 5) is 25.6. The van der Waals surface area contributed by atoms with Crippen molar-refractivity contribution in [3.05, 3.63) is 47.5 Å². The van der Waals surface area contributed by atoms with Crippen molar-refractivity contribution in [2.45, 2.75) is 44.9 Å². The summed E-state index contributed by atoms with van der Waals surface area (Å²) in [6, 6.07) is 10.5. The van der Waals surface area contributed by atoms with E-state index in [2.05, 4.69) is 29.0 Å². The summed E-state index contributed by atoms with van der Waals surface area (Å²) in [5.74, 6) is -0.0672. The molecule has 2 rings (SSSR count). The number of benzene rings is 1. The van der Waals surface area contributed by atoms with E-state index in [4.69, 9.17) is 0 Å². The van der Waals surface area contributed by atoms with Crippen LogP contribution in [0.5, 0.6) is 0 Å². The van der Waals surface area contributed by atoms with Gasteiger partial charge in [0.05, 0.1) is 7.11 Å². The van der Waals surface area contributed by atoms with Gasteiger partial charge in [0.1, 0.15) is 0 Å². The van der Waals surface area contributed by atoms with Gasteiger partial charge in [0.2, 0.25) is 5.91 Å². The third-order valence-corrected chi connectivity index (χ3v) is 4.39. The molecule has 1 amide bonds. The molecule has 0 saturated heterocycles. The Bertz CT molecular complexity index is 566. The SMILES string of the molecule is COC(=O)CCCC1=CCCN(CCCCc2ccccc2)C1=O. The predicted molar refractivity (Wildman–Crippen MR) is 94.5 cm³/mol. The highest BCUT2D eigenvalue weighted by Gasteiger charge is 2.21. The second-order valence-corrected chi connectivity index (χ2v) is 6.18. The van der Waals surface area contributed by atoms with Gasteiger partial charge in [0.25, 0.3) is 0 Å². The molecule has 0 radical (unpaired) electrons. The first kappa shape index (κ1) is 18.2. The van der Waals surface area contributed by atoms with Gasteiger partial charge in [0, 0.05) is 25.1 Å². The second-order valence-electron chi connectivity index (χ2n) is 6.18. The van der Waals surface area contributed by atoms with Gasteiger partial charge in [-0.25, -0.2) is 0 Å². The molecule has 0 N–H and O–H groups in total. The highest BCUT2D eigenvalue weighted by atomic mass is 16.5. The maximum atomic E-state index is 12.5. The number of ether oxygens (including phenoxy) is 1. The summed E-state index contributed by atoms with van der Waals surface area (Å²) < 4.78 is 4.64. The van der Waals surface area contributed by atoms with E-state index in [1.807, 2.05) is 17.0 Å². The molecule has 4 heteroatoms. The molecule has 0 saturated carbocycles. The van der Waals surface area contributed by atoms with Crippen LogP contribution in [0.3, 0.4) is 0 Å².